The molecule has 0 N–H and O–H groups in total. The molecule has 3 heteroatoms. The molecule has 88 valence electrons. The third-order valence-electron chi connectivity index (χ3n) is 1.97. The van der Waals surface area contributed by atoms with Gasteiger partial charge in [-0.1, -0.05) is 42.5 Å². The first-order valence-electron chi connectivity index (χ1n) is 5.27. The van der Waals surface area contributed by atoms with Crippen LogP contribution in [0.25, 0.3) is 0 Å². The highest BCUT2D eigenvalue weighted by molar-refractivity contribution is 6.30. The standard InChI is InChI=1S/C8H8ClNO.C6H6/c1-6(11)8(9)7-4-2-3-5-10-7;1-2-4-6-5-3-1/h2-5,8H,1H3;1-6H. The molecule has 0 radical (unpaired) electrons. The summed E-state index contributed by atoms with van der Waals surface area (Å²) >= 11 is 5.73. The van der Waals surface area contributed by atoms with Crippen LogP contribution in [0.4, 0.5) is 0 Å². The molecular weight excluding hydrogens is 234 g/mol. The first kappa shape index (κ1) is 13.4. The van der Waals surface area contributed by atoms with Gasteiger partial charge in [0.15, 0.2) is 5.78 Å². The molecule has 1 heterocycles. The van der Waals surface area contributed by atoms with Gasteiger partial charge in [0.1, 0.15) is 5.38 Å². The Morgan fingerprint density at radius 1 is 1.06 bits per heavy atom. The fraction of sp³-hybridized carbons (Fsp3) is 0.143. The second-order valence-corrected chi connectivity index (χ2v) is 3.82. The van der Waals surface area contributed by atoms with E-state index >= 15 is 0 Å². The topological polar surface area (TPSA) is 30.0 Å². The molecule has 17 heavy (non-hydrogen) atoms. The van der Waals surface area contributed by atoms with Crippen LogP contribution in [0.5, 0.6) is 0 Å². The van der Waals surface area contributed by atoms with E-state index in [-0.39, 0.29) is 5.78 Å². The molecular formula is C14H14ClNO. The number of aromatic nitrogens is 1. The van der Waals surface area contributed by atoms with Gasteiger partial charge in [0, 0.05) is 6.20 Å². The molecule has 1 unspecified atom stereocenters. The van der Waals surface area contributed by atoms with Crippen molar-refractivity contribution in [2.75, 3.05) is 0 Å². The molecule has 1 aromatic carbocycles. The highest BCUT2D eigenvalue weighted by Gasteiger charge is 2.12. The van der Waals surface area contributed by atoms with E-state index in [1.165, 1.54) is 6.92 Å². The van der Waals surface area contributed by atoms with E-state index < -0.39 is 5.38 Å². The van der Waals surface area contributed by atoms with Crippen LogP contribution in [0.1, 0.15) is 18.0 Å². The average molecular weight is 248 g/mol. The number of benzene rings is 1. The smallest absolute Gasteiger partial charge is 0.153 e. The number of alkyl halides is 1. The number of nitrogens with zero attached hydrogens (tertiary/aromatic N) is 1. The number of pyridine rings is 1. The van der Waals surface area contributed by atoms with Gasteiger partial charge in [0.05, 0.1) is 5.69 Å². The molecule has 2 nitrogen and oxygen atoms in total. The van der Waals surface area contributed by atoms with Gasteiger partial charge in [-0.2, -0.15) is 0 Å². The molecule has 1 atom stereocenters. The molecule has 0 spiro atoms. The summed E-state index contributed by atoms with van der Waals surface area (Å²) in [6, 6.07) is 17.3. The van der Waals surface area contributed by atoms with E-state index in [4.69, 9.17) is 11.6 Å². The summed E-state index contributed by atoms with van der Waals surface area (Å²) in [5.74, 6) is -0.0784. The zero-order valence-corrected chi connectivity index (χ0v) is 10.3. The second-order valence-electron chi connectivity index (χ2n) is 3.38. The largest absolute Gasteiger partial charge is 0.298 e. The number of ketones is 1. The summed E-state index contributed by atoms with van der Waals surface area (Å²) in [7, 11) is 0. The van der Waals surface area contributed by atoms with Gasteiger partial charge < -0.3 is 0 Å². The van der Waals surface area contributed by atoms with Crippen LogP contribution >= 0.6 is 11.6 Å². The van der Waals surface area contributed by atoms with Crippen molar-refractivity contribution in [2.45, 2.75) is 12.3 Å². The Bertz CT molecular complexity index is 404. The van der Waals surface area contributed by atoms with E-state index in [2.05, 4.69) is 4.98 Å². The first-order valence-corrected chi connectivity index (χ1v) is 5.71. The Kier molecular flexibility index (Phi) is 5.97. The number of halogens is 1. The maximum absolute atomic E-state index is 10.8. The quantitative estimate of drug-likeness (QED) is 0.759. The van der Waals surface area contributed by atoms with Crippen molar-refractivity contribution in [1.82, 2.24) is 4.98 Å². The Morgan fingerprint density at radius 3 is 1.94 bits per heavy atom. The van der Waals surface area contributed by atoms with E-state index in [1.807, 2.05) is 36.4 Å². The molecule has 0 saturated carbocycles. The lowest BCUT2D eigenvalue weighted by molar-refractivity contribution is -0.116. The maximum atomic E-state index is 10.8. The molecule has 2 aromatic rings. The molecule has 0 aliphatic rings. The summed E-state index contributed by atoms with van der Waals surface area (Å²) in [5.41, 5.74) is 0.613. The SMILES string of the molecule is CC(=O)C(Cl)c1ccccn1.c1ccccc1. The van der Waals surface area contributed by atoms with Crippen LogP contribution in [0.3, 0.4) is 0 Å². The van der Waals surface area contributed by atoms with Crippen LogP contribution in [0, 0.1) is 0 Å². The lowest BCUT2D eigenvalue weighted by Crippen LogP contribution is -2.02. The lowest BCUT2D eigenvalue weighted by atomic mass is 10.2. The van der Waals surface area contributed by atoms with Crippen LogP contribution in [-0.2, 0) is 4.79 Å². The van der Waals surface area contributed by atoms with Crippen LogP contribution in [-0.4, -0.2) is 10.8 Å². The first-order chi connectivity index (χ1) is 8.22. The third-order valence-corrected chi connectivity index (χ3v) is 2.50. The van der Waals surface area contributed by atoms with E-state index in [1.54, 1.807) is 24.4 Å². The van der Waals surface area contributed by atoms with Gasteiger partial charge in [-0.25, -0.2) is 0 Å². The summed E-state index contributed by atoms with van der Waals surface area (Å²) in [6.07, 6.45) is 1.62. The Morgan fingerprint density at radius 2 is 1.59 bits per heavy atom. The fourth-order valence-corrected chi connectivity index (χ4v) is 1.25. The zero-order valence-electron chi connectivity index (χ0n) is 9.58. The summed E-state index contributed by atoms with van der Waals surface area (Å²) in [5, 5.41) is -0.601. The predicted octanol–water partition coefficient (Wildman–Crippen LogP) is 3.64. The minimum atomic E-state index is -0.601. The second kappa shape index (κ2) is 7.58. The van der Waals surface area contributed by atoms with Gasteiger partial charge in [0.25, 0.3) is 0 Å². The molecule has 1 aromatic heterocycles. The Hall–Kier alpha value is -1.67. The molecule has 0 aliphatic carbocycles. The van der Waals surface area contributed by atoms with Crippen molar-refractivity contribution >= 4 is 17.4 Å². The van der Waals surface area contributed by atoms with Gasteiger partial charge >= 0.3 is 0 Å². The fourth-order valence-electron chi connectivity index (χ4n) is 1.12. The van der Waals surface area contributed by atoms with Gasteiger partial charge in [-0.15, -0.1) is 11.6 Å². The molecule has 0 saturated heterocycles. The minimum Gasteiger partial charge on any atom is -0.298 e. The number of rotatable bonds is 2. The number of carbonyl (C=O) groups excluding carboxylic acids is 1. The van der Waals surface area contributed by atoms with E-state index in [0.29, 0.717) is 5.69 Å². The van der Waals surface area contributed by atoms with Gasteiger partial charge in [0.2, 0.25) is 0 Å². The highest BCUT2D eigenvalue weighted by Crippen LogP contribution is 2.17. The van der Waals surface area contributed by atoms with Crippen LogP contribution < -0.4 is 0 Å². The number of hydrogen-bond acceptors (Lipinski definition) is 2. The molecule has 2 rings (SSSR count). The molecule has 0 fully saturated rings. The molecule has 0 bridgehead atoms. The number of hydrogen-bond donors (Lipinski definition) is 0. The highest BCUT2D eigenvalue weighted by atomic mass is 35.5. The maximum Gasteiger partial charge on any atom is 0.153 e. The van der Waals surface area contributed by atoms with E-state index in [9.17, 15) is 4.79 Å². The number of Topliss-reactive ketones (excluding diaryl/α,β-unsaturated/α-hetero) is 1. The average Bonchev–Trinajstić information content (AvgIpc) is 2.41. The Labute approximate surface area is 106 Å². The van der Waals surface area contributed by atoms with Crippen LogP contribution in [0.15, 0.2) is 60.8 Å². The van der Waals surface area contributed by atoms with E-state index in [0.717, 1.165) is 0 Å². The third kappa shape index (κ3) is 5.27. The van der Waals surface area contributed by atoms with Crippen molar-refractivity contribution in [3.8, 4) is 0 Å². The van der Waals surface area contributed by atoms with Crippen molar-refractivity contribution in [1.29, 1.82) is 0 Å². The minimum absolute atomic E-state index is 0.0784. The molecule has 0 amide bonds. The zero-order chi connectivity index (χ0) is 12.5. The van der Waals surface area contributed by atoms with Gasteiger partial charge in [-0.3, -0.25) is 9.78 Å². The summed E-state index contributed by atoms with van der Waals surface area (Å²) in [6.45, 7) is 1.45. The van der Waals surface area contributed by atoms with Crippen molar-refractivity contribution in [2.24, 2.45) is 0 Å². The summed E-state index contributed by atoms with van der Waals surface area (Å²) < 4.78 is 0. The van der Waals surface area contributed by atoms with Crippen molar-refractivity contribution < 1.29 is 4.79 Å². The normalized spacial score (nSPS) is 10.9. The van der Waals surface area contributed by atoms with Crippen molar-refractivity contribution in [3.05, 3.63) is 66.5 Å². The molecule has 0 aliphatic heterocycles. The number of carbonyl (C=O) groups is 1. The van der Waals surface area contributed by atoms with Crippen molar-refractivity contribution in [3.63, 3.8) is 0 Å². The predicted molar refractivity (Wildman–Crippen MR) is 70.0 cm³/mol. The monoisotopic (exact) mass is 247 g/mol. The van der Waals surface area contributed by atoms with Crippen LogP contribution in [0.2, 0.25) is 0 Å². The lowest BCUT2D eigenvalue weighted by Gasteiger charge is -2.02. The summed E-state index contributed by atoms with van der Waals surface area (Å²) in [4.78, 5) is 14.7. The van der Waals surface area contributed by atoms with Gasteiger partial charge in [-0.05, 0) is 19.1 Å². The Balaban J connectivity index is 0.000000202.